The van der Waals surface area contributed by atoms with Crippen molar-refractivity contribution in [1.29, 1.82) is 0 Å². The molecule has 1 aromatic heterocycles. The second kappa shape index (κ2) is 7.27. The van der Waals surface area contributed by atoms with Crippen molar-refractivity contribution in [2.75, 3.05) is 13.2 Å². The molecule has 0 radical (unpaired) electrons. The third-order valence-corrected chi connectivity index (χ3v) is 3.82. The Bertz CT molecular complexity index is 402. The second-order valence-electron chi connectivity index (χ2n) is 5.62. The number of nitrogens with one attached hydrogen (secondary N) is 1. The van der Waals surface area contributed by atoms with Gasteiger partial charge in [-0.2, -0.15) is 5.10 Å². The quantitative estimate of drug-likeness (QED) is 0.773. The Kier molecular flexibility index (Phi) is 6.30. The standard InChI is InChI=1S/C14H26ClN3O/c1-5-11-13(15)12(18(6-2)17-11)9-16-10-14(3,4)7-8-19/h16,19H,5-10H2,1-4H3. The zero-order chi connectivity index (χ0) is 14.5. The molecule has 0 bridgehead atoms. The van der Waals surface area contributed by atoms with Crippen molar-refractivity contribution in [3.05, 3.63) is 16.4 Å². The van der Waals surface area contributed by atoms with Crippen LogP contribution in [-0.4, -0.2) is 28.0 Å². The van der Waals surface area contributed by atoms with Crippen LogP contribution in [0.1, 0.15) is 45.5 Å². The van der Waals surface area contributed by atoms with Crippen LogP contribution in [0.15, 0.2) is 0 Å². The van der Waals surface area contributed by atoms with Crippen LogP contribution < -0.4 is 5.32 Å². The summed E-state index contributed by atoms with van der Waals surface area (Å²) in [7, 11) is 0. The van der Waals surface area contributed by atoms with Crippen LogP contribution in [-0.2, 0) is 19.5 Å². The van der Waals surface area contributed by atoms with E-state index >= 15 is 0 Å². The Morgan fingerprint density at radius 1 is 1.37 bits per heavy atom. The fourth-order valence-electron chi connectivity index (χ4n) is 2.10. The highest BCUT2D eigenvalue weighted by atomic mass is 35.5. The molecule has 110 valence electrons. The maximum absolute atomic E-state index is 9.02. The molecule has 1 rings (SSSR count). The summed E-state index contributed by atoms with van der Waals surface area (Å²) in [4.78, 5) is 0. The van der Waals surface area contributed by atoms with E-state index < -0.39 is 0 Å². The highest BCUT2D eigenvalue weighted by molar-refractivity contribution is 6.31. The van der Waals surface area contributed by atoms with Gasteiger partial charge in [-0.1, -0.05) is 32.4 Å². The van der Waals surface area contributed by atoms with Gasteiger partial charge >= 0.3 is 0 Å². The zero-order valence-electron chi connectivity index (χ0n) is 12.5. The molecule has 0 aliphatic rings. The van der Waals surface area contributed by atoms with Crippen LogP contribution in [0.2, 0.25) is 5.02 Å². The molecule has 0 saturated heterocycles. The summed E-state index contributed by atoms with van der Waals surface area (Å²) < 4.78 is 1.97. The molecule has 0 spiro atoms. The van der Waals surface area contributed by atoms with Gasteiger partial charge in [0.1, 0.15) is 0 Å². The van der Waals surface area contributed by atoms with E-state index in [-0.39, 0.29) is 12.0 Å². The minimum atomic E-state index is 0.0892. The van der Waals surface area contributed by atoms with Crippen LogP contribution in [0.5, 0.6) is 0 Å². The number of aliphatic hydroxyl groups is 1. The van der Waals surface area contributed by atoms with E-state index in [1.807, 2.05) is 4.68 Å². The molecule has 0 amide bonds. The maximum Gasteiger partial charge on any atom is 0.0863 e. The van der Waals surface area contributed by atoms with Gasteiger partial charge in [0.25, 0.3) is 0 Å². The van der Waals surface area contributed by atoms with Crippen LogP contribution in [0.4, 0.5) is 0 Å². The summed E-state index contributed by atoms with van der Waals surface area (Å²) in [6, 6.07) is 0. The summed E-state index contributed by atoms with van der Waals surface area (Å²) in [6.45, 7) is 11.0. The number of aryl methyl sites for hydroxylation is 2. The van der Waals surface area contributed by atoms with Gasteiger partial charge in [0, 0.05) is 26.2 Å². The smallest absolute Gasteiger partial charge is 0.0863 e. The summed E-state index contributed by atoms with van der Waals surface area (Å²) in [5.41, 5.74) is 2.11. The lowest BCUT2D eigenvalue weighted by Crippen LogP contribution is -2.30. The molecule has 0 unspecified atom stereocenters. The fraction of sp³-hybridized carbons (Fsp3) is 0.786. The summed E-state index contributed by atoms with van der Waals surface area (Å²) in [5, 5.41) is 17.7. The molecule has 19 heavy (non-hydrogen) atoms. The number of nitrogens with zero attached hydrogens (tertiary/aromatic N) is 2. The van der Waals surface area contributed by atoms with Crippen LogP contribution in [0.3, 0.4) is 0 Å². The van der Waals surface area contributed by atoms with Crippen molar-refractivity contribution in [1.82, 2.24) is 15.1 Å². The zero-order valence-corrected chi connectivity index (χ0v) is 13.2. The first-order chi connectivity index (χ1) is 8.95. The summed E-state index contributed by atoms with van der Waals surface area (Å²) >= 11 is 6.36. The van der Waals surface area contributed by atoms with Crippen LogP contribution >= 0.6 is 11.6 Å². The van der Waals surface area contributed by atoms with Gasteiger partial charge in [-0.3, -0.25) is 4.68 Å². The first kappa shape index (κ1) is 16.5. The fourth-order valence-corrected chi connectivity index (χ4v) is 2.43. The van der Waals surface area contributed by atoms with E-state index in [0.29, 0.717) is 6.54 Å². The Hall–Kier alpha value is -0.580. The lowest BCUT2D eigenvalue weighted by atomic mass is 9.90. The second-order valence-corrected chi connectivity index (χ2v) is 6.00. The summed E-state index contributed by atoms with van der Waals surface area (Å²) in [6.07, 6.45) is 1.65. The van der Waals surface area contributed by atoms with Gasteiger partial charge in [0.15, 0.2) is 0 Å². The van der Waals surface area contributed by atoms with Crippen molar-refractivity contribution in [3.8, 4) is 0 Å². The van der Waals surface area contributed by atoms with Gasteiger partial charge in [-0.25, -0.2) is 0 Å². The number of aliphatic hydroxyl groups excluding tert-OH is 1. The molecule has 0 fully saturated rings. The van der Waals surface area contributed by atoms with Gasteiger partial charge in [-0.15, -0.1) is 0 Å². The van der Waals surface area contributed by atoms with Crippen LogP contribution in [0.25, 0.3) is 0 Å². The largest absolute Gasteiger partial charge is 0.396 e. The van der Waals surface area contributed by atoms with Crippen molar-refractivity contribution < 1.29 is 5.11 Å². The third-order valence-electron chi connectivity index (χ3n) is 3.38. The van der Waals surface area contributed by atoms with Crippen molar-refractivity contribution in [2.45, 2.75) is 53.6 Å². The maximum atomic E-state index is 9.02. The lowest BCUT2D eigenvalue weighted by molar-refractivity contribution is 0.206. The van der Waals surface area contributed by atoms with Gasteiger partial charge in [-0.05, 0) is 25.2 Å². The minimum Gasteiger partial charge on any atom is -0.396 e. The summed E-state index contributed by atoms with van der Waals surface area (Å²) in [5.74, 6) is 0. The molecule has 0 aliphatic heterocycles. The topological polar surface area (TPSA) is 50.1 Å². The monoisotopic (exact) mass is 287 g/mol. The lowest BCUT2D eigenvalue weighted by Gasteiger charge is -2.24. The van der Waals surface area contributed by atoms with Gasteiger partial charge < -0.3 is 10.4 Å². The average molecular weight is 288 g/mol. The normalized spacial score (nSPS) is 12.1. The van der Waals surface area contributed by atoms with E-state index in [2.05, 4.69) is 38.1 Å². The Labute approximate surface area is 121 Å². The molecular formula is C14H26ClN3O. The van der Waals surface area contributed by atoms with E-state index in [9.17, 15) is 0 Å². The minimum absolute atomic E-state index is 0.0892. The molecule has 1 heterocycles. The Morgan fingerprint density at radius 3 is 2.58 bits per heavy atom. The van der Waals surface area contributed by atoms with Crippen molar-refractivity contribution in [3.63, 3.8) is 0 Å². The number of hydrogen-bond donors (Lipinski definition) is 2. The van der Waals surface area contributed by atoms with Crippen LogP contribution in [0, 0.1) is 5.41 Å². The third kappa shape index (κ3) is 4.48. The molecular weight excluding hydrogens is 262 g/mol. The molecule has 0 aromatic carbocycles. The molecule has 0 aliphatic carbocycles. The number of aromatic nitrogens is 2. The molecule has 2 N–H and O–H groups in total. The number of rotatable bonds is 8. The van der Waals surface area contributed by atoms with Crippen molar-refractivity contribution >= 4 is 11.6 Å². The Balaban J connectivity index is 2.65. The molecule has 5 heteroatoms. The molecule has 0 atom stereocenters. The SMILES string of the molecule is CCc1nn(CC)c(CNCC(C)(C)CCO)c1Cl. The van der Waals surface area contributed by atoms with Crippen molar-refractivity contribution in [2.24, 2.45) is 5.41 Å². The Morgan fingerprint density at radius 2 is 2.05 bits per heavy atom. The van der Waals surface area contributed by atoms with Gasteiger partial charge in [0.2, 0.25) is 0 Å². The molecule has 1 aromatic rings. The molecule has 4 nitrogen and oxygen atoms in total. The highest BCUT2D eigenvalue weighted by Gasteiger charge is 2.18. The first-order valence-corrected chi connectivity index (χ1v) is 7.38. The predicted octanol–water partition coefficient (Wildman–Crippen LogP) is 2.62. The van der Waals surface area contributed by atoms with Gasteiger partial charge in [0.05, 0.1) is 16.4 Å². The van der Waals surface area contributed by atoms with E-state index in [0.717, 1.165) is 42.3 Å². The first-order valence-electron chi connectivity index (χ1n) is 7.00. The average Bonchev–Trinajstić information content (AvgIpc) is 2.66. The number of hydrogen-bond acceptors (Lipinski definition) is 3. The highest BCUT2D eigenvalue weighted by Crippen LogP contribution is 2.22. The van der Waals surface area contributed by atoms with E-state index in [4.69, 9.17) is 16.7 Å². The number of halogens is 1. The van der Waals surface area contributed by atoms with E-state index in [1.54, 1.807) is 0 Å². The van der Waals surface area contributed by atoms with E-state index in [1.165, 1.54) is 0 Å². The molecule has 0 saturated carbocycles. The predicted molar refractivity (Wildman–Crippen MR) is 79.5 cm³/mol.